The zero-order valence-corrected chi connectivity index (χ0v) is 17.5. The molecule has 0 bridgehead atoms. The van der Waals surface area contributed by atoms with E-state index in [9.17, 15) is 18.4 Å². The predicted molar refractivity (Wildman–Crippen MR) is 113 cm³/mol. The van der Waals surface area contributed by atoms with Gasteiger partial charge in [-0.2, -0.15) is 0 Å². The molecule has 5 rings (SSSR count). The molecule has 0 saturated carbocycles. The van der Waals surface area contributed by atoms with Gasteiger partial charge in [-0.3, -0.25) is 20.2 Å². The van der Waals surface area contributed by atoms with Crippen molar-refractivity contribution in [3.63, 3.8) is 0 Å². The Bertz CT molecular complexity index is 1360. The molecule has 0 saturated heterocycles. The Morgan fingerprint density at radius 3 is 2.64 bits per heavy atom. The first-order valence-corrected chi connectivity index (χ1v) is 10.2. The molecule has 3 heterocycles. The van der Waals surface area contributed by atoms with E-state index in [4.69, 9.17) is 4.74 Å². The number of halogens is 2. The van der Waals surface area contributed by atoms with Crippen molar-refractivity contribution in [2.45, 2.75) is 6.29 Å². The van der Waals surface area contributed by atoms with Crippen LogP contribution in [0.2, 0.25) is 0 Å². The van der Waals surface area contributed by atoms with Crippen LogP contribution >= 0.6 is 11.3 Å². The molecule has 10 nitrogen and oxygen atoms in total. The lowest BCUT2D eigenvalue weighted by Gasteiger charge is -2.07. The second-order valence-corrected chi connectivity index (χ2v) is 7.57. The SMILES string of the molecule is COc1ccccc1C(=O)Nc1nc(C(=O)Nc2nc3cc4c(cc3[nH]2)OC(F)(F)O4)cs1. The molecule has 2 aromatic heterocycles. The fourth-order valence-electron chi connectivity index (χ4n) is 3.12. The van der Waals surface area contributed by atoms with Crippen LogP contribution < -0.4 is 24.8 Å². The van der Waals surface area contributed by atoms with Crippen LogP contribution in [0.25, 0.3) is 11.0 Å². The third-order valence-corrected chi connectivity index (χ3v) is 5.30. The van der Waals surface area contributed by atoms with Crippen LogP contribution in [0.15, 0.2) is 41.8 Å². The number of imidazole rings is 1. The van der Waals surface area contributed by atoms with Crippen molar-refractivity contribution in [2.24, 2.45) is 0 Å². The van der Waals surface area contributed by atoms with Gasteiger partial charge in [-0.05, 0) is 12.1 Å². The second-order valence-electron chi connectivity index (χ2n) is 6.72. The Morgan fingerprint density at radius 2 is 1.85 bits per heavy atom. The number of hydrogen-bond acceptors (Lipinski definition) is 8. The Balaban J connectivity index is 1.28. The Morgan fingerprint density at radius 1 is 1.09 bits per heavy atom. The second kappa shape index (κ2) is 7.70. The summed E-state index contributed by atoms with van der Waals surface area (Å²) in [5.74, 6) is -0.863. The van der Waals surface area contributed by atoms with Crippen LogP contribution in [0.3, 0.4) is 0 Å². The van der Waals surface area contributed by atoms with E-state index in [1.807, 2.05) is 0 Å². The lowest BCUT2D eigenvalue weighted by Crippen LogP contribution is -2.25. The van der Waals surface area contributed by atoms with Crippen molar-refractivity contribution in [3.8, 4) is 17.2 Å². The molecule has 2 amide bonds. The van der Waals surface area contributed by atoms with Gasteiger partial charge in [0.25, 0.3) is 11.8 Å². The van der Waals surface area contributed by atoms with Crippen LogP contribution in [-0.4, -0.2) is 40.2 Å². The van der Waals surface area contributed by atoms with Gasteiger partial charge in [0, 0.05) is 17.5 Å². The highest BCUT2D eigenvalue weighted by Crippen LogP contribution is 2.42. The number of hydrogen-bond donors (Lipinski definition) is 3. The molecule has 0 aliphatic carbocycles. The molecule has 33 heavy (non-hydrogen) atoms. The molecule has 1 aliphatic rings. The van der Waals surface area contributed by atoms with Gasteiger partial charge in [-0.25, -0.2) is 9.97 Å². The number of rotatable bonds is 5. The van der Waals surface area contributed by atoms with Crippen LogP contribution in [0, 0.1) is 0 Å². The number of nitrogens with one attached hydrogen (secondary N) is 3. The zero-order valence-electron chi connectivity index (χ0n) is 16.6. The highest BCUT2D eigenvalue weighted by atomic mass is 32.1. The average Bonchev–Trinajstić information content (AvgIpc) is 3.46. The minimum atomic E-state index is -3.73. The summed E-state index contributed by atoms with van der Waals surface area (Å²) in [5, 5.41) is 6.83. The molecule has 2 aromatic carbocycles. The molecule has 1 aliphatic heterocycles. The van der Waals surface area contributed by atoms with Gasteiger partial charge >= 0.3 is 6.29 Å². The first kappa shape index (κ1) is 20.6. The van der Waals surface area contributed by atoms with Gasteiger partial charge in [-0.1, -0.05) is 12.1 Å². The maximum absolute atomic E-state index is 13.2. The summed E-state index contributed by atoms with van der Waals surface area (Å²) >= 11 is 1.06. The summed E-state index contributed by atoms with van der Waals surface area (Å²) in [6, 6.07) is 9.26. The van der Waals surface area contributed by atoms with E-state index >= 15 is 0 Å². The Hall–Kier alpha value is -4.26. The quantitative estimate of drug-likeness (QED) is 0.402. The maximum atomic E-state index is 13.2. The largest absolute Gasteiger partial charge is 0.586 e. The zero-order chi connectivity index (χ0) is 23.2. The fraction of sp³-hybridized carbons (Fsp3) is 0.100. The Labute approximate surface area is 187 Å². The van der Waals surface area contributed by atoms with E-state index in [1.165, 1.54) is 24.6 Å². The van der Waals surface area contributed by atoms with Gasteiger partial charge in [-0.15, -0.1) is 20.1 Å². The number of nitrogens with zero attached hydrogens (tertiary/aromatic N) is 2. The van der Waals surface area contributed by atoms with E-state index in [2.05, 4.69) is 35.1 Å². The van der Waals surface area contributed by atoms with Crippen LogP contribution in [0.4, 0.5) is 19.9 Å². The monoisotopic (exact) mass is 473 g/mol. The summed E-state index contributed by atoms with van der Waals surface area (Å²) in [7, 11) is 1.46. The molecule has 0 unspecified atom stereocenters. The molecule has 0 spiro atoms. The van der Waals surface area contributed by atoms with Gasteiger partial charge < -0.3 is 19.2 Å². The first-order chi connectivity index (χ1) is 15.8. The maximum Gasteiger partial charge on any atom is 0.586 e. The third-order valence-electron chi connectivity index (χ3n) is 4.55. The highest BCUT2D eigenvalue weighted by Gasteiger charge is 2.43. The number of anilines is 2. The number of para-hydroxylation sites is 1. The van der Waals surface area contributed by atoms with Crippen LogP contribution in [0.1, 0.15) is 20.8 Å². The van der Waals surface area contributed by atoms with Crippen molar-refractivity contribution in [2.75, 3.05) is 17.7 Å². The molecule has 4 aromatic rings. The average molecular weight is 473 g/mol. The number of aromatic nitrogens is 3. The summed E-state index contributed by atoms with van der Waals surface area (Å²) in [6.07, 6.45) is -3.73. The van der Waals surface area contributed by atoms with Gasteiger partial charge in [0.1, 0.15) is 11.4 Å². The van der Waals surface area contributed by atoms with Crippen molar-refractivity contribution >= 4 is 45.3 Å². The number of alkyl halides is 2. The van der Waals surface area contributed by atoms with Crippen molar-refractivity contribution in [3.05, 3.63) is 53.0 Å². The number of fused-ring (bicyclic) bond motifs is 2. The smallest absolute Gasteiger partial charge is 0.496 e. The molecular formula is C20H13F2N5O5S. The lowest BCUT2D eigenvalue weighted by atomic mass is 10.2. The van der Waals surface area contributed by atoms with Crippen molar-refractivity contribution < 1.29 is 32.6 Å². The summed E-state index contributed by atoms with van der Waals surface area (Å²) < 4.78 is 40.3. The van der Waals surface area contributed by atoms with E-state index in [0.717, 1.165) is 11.3 Å². The molecule has 13 heteroatoms. The minimum absolute atomic E-state index is 0.0459. The molecular weight excluding hydrogens is 460 g/mol. The predicted octanol–water partition coefficient (Wildman–Crippen LogP) is 3.85. The van der Waals surface area contributed by atoms with E-state index in [0.29, 0.717) is 16.8 Å². The molecule has 0 fully saturated rings. The third kappa shape index (κ3) is 4.01. The summed E-state index contributed by atoms with van der Waals surface area (Å²) in [6.45, 7) is 0. The fourth-order valence-corrected chi connectivity index (χ4v) is 3.80. The highest BCUT2D eigenvalue weighted by molar-refractivity contribution is 7.14. The lowest BCUT2D eigenvalue weighted by molar-refractivity contribution is -0.286. The van der Waals surface area contributed by atoms with E-state index < -0.39 is 18.1 Å². The van der Waals surface area contributed by atoms with Gasteiger partial charge in [0.2, 0.25) is 5.95 Å². The van der Waals surface area contributed by atoms with Crippen LogP contribution in [-0.2, 0) is 0 Å². The molecule has 0 atom stereocenters. The van der Waals surface area contributed by atoms with Crippen LogP contribution in [0.5, 0.6) is 17.2 Å². The number of thiazole rings is 1. The number of methoxy groups -OCH3 is 1. The number of H-pyrrole nitrogens is 1. The number of carbonyl (C=O) groups excluding carboxylic acids is 2. The van der Waals surface area contributed by atoms with E-state index in [1.54, 1.807) is 24.3 Å². The van der Waals surface area contributed by atoms with Gasteiger partial charge in [0.05, 0.1) is 23.7 Å². The standard InChI is InChI=1S/C20H13F2N5O5S/c1-30-13-5-3-2-4-9(13)16(28)27-19-25-12(8-33-19)17(29)26-18-23-10-6-14-15(7-11(10)24-18)32-20(21,22)31-14/h2-8H,1H3,(H,25,27,28)(H2,23,24,26,29). The summed E-state index contributed by atoms with van der Waals surface area (Å²) in [5.41, 5.74) is 1.01. The molecule has 3 N–H and O–H groups in total. The normalized spacial score (nSPS) is 13.7. The topological polar surface area (TPSA) is 127 Å². The number of amides is 2. The van der Waals surface area contributed by atoms with Crippen molar-refractivity contribution in [1.82, 2.24) is 15.0 Å². The number of aromatic amines is 1. The minimum Gasteiger partial charge on any atom is -0.496 e. The molecule has 0 radical (unpaired) electrons. The van der Waals surface area contributed by atoms with Crippen molar-refractivity contribution in [1.29, 1.82) is 0 Å². The number of carbonyl (C=O) groups is 2. The van der Waals surface area contributed by atoms with Gasteiger partial charge in [0.15, 0.2) is 16.6 Å². The summed E-state index contributed by atoms with van der Waals surface area (Å²) in [4.78, 5) is 36.1. The number of ether oxygens (including phenoxy) is 3. The Kier molecular flexibility index (Phi) is 4.82. The molecule has 168 valence electrons. The number of benzene rings is 2. The first-order valence-electron chi connectivity index (χ1n) is 9.32. The van der Waals surface area contributed by atoms with E-state index in [-0.39, 0.29) is 33.8 Å².